The minimum Gasteiger partial charge on any atom is -0.394 e. The van der Waals surface area contributed by atoms with Gasteiger partial charge in [0.1, 0.15) is 0 Å². The van der Waals surface area contributed by atoms with Crippen molar-refractivity contribution in [3.63, 3.8) is 0 Å². The van der Waals surface area contributed by atoms with Crippen molar-refractivity contribution < 1.29 is 5.11 Å². The van der Waals surface area contributed by atoms with E-state index in [0.29, 0.717) is 12.1 Å². The fraction of sp³-hybridized carbons (Fsp3) is 1.00. The van der Waals surface area contributed by atoms with Crippen LogP contribution < -0.4 is 5.32 Å². The zero-order valence-electron chi connectivity index (χ0n) is 14.9. The first-order valence-corrected chi connectivity index (χ1v) is 8.70. The Morgan fingerprint density at radius 2 is 2.00 bits per heavy atom. The Morgan fingerprint density at radius 1 is 1.29 bits per heavy atom. The number of hydrogen-bond acceptors (Lipinski definition) is 4. The molecule has 1 saturated carbocycles. The van der Waals surface area contributed by atoms with Crippen LogP contribution in [0.25, 0.3) is 0 Å². The summed E-state index contributed by atoms with van der Waals surface area (Å²) < 4.78 is 0. The van der Waals surface area contributed by atoms with E-state index in [-0.39, 0.29) is 12.1 Å². The van der Waals surface area contributed by atoms with Gasteiger partial charge in [0.2, 0.25) is 0 Å². The van der Waals surface area contributed by atoms with Crippen LogP contribution >= 0.6 is 0 Å². The number of hydrogen-bond donors (Lipinski definition) is 2. The Bertz CT molecular complexity index is 283. The zero-order chi connectivity index (χ0) is 15.9. The molecule has 0 aliphatic heterocycles. The van der Waals surface area contributed by atoms with Crippen LogP contribution in [0.2, 0.25) is 0 Å². The Morgan fingerprint density at radius 3 is 2.52 bits per heavy atom. The summed E-state index contributed by atoms with van der Waals surface area (Å²) >= 11 is 0. The fourth-order valence-corrected chi connectivity index (χ4v) is 3.76. The molecule has 1 aliphatic carbocycles. The highest BCUT2D eigenvalue weighted by atomic mass is 16.3. The molecule has 0 amide bonds. The lowest BCUT2D eigenvalue weighted by molar-refractivity contribution is 0.0549. The first kappa shape index (κ1) is 18.9. The highest BCUT2D eigenvalue weighted by molar-refractivity contribution is 4.97. The SMILES string of the molecule is CCN(CCCN(C)C)C1CCCC(CO)(NC(C)C)C1. The zero-order valence-corrected chi connectivity index (χ0v) is 14.9. The van der Waals surface area contributed by atoms with Crippen LogP contribution in [0.3, 0.4) is 0 Å². The van der Waals surface area contributed by atoms with E-state index >= 15 is 0 Å². The van der Waals surface area contributed by atoms with Gasteiger partial charge in [-0.15, -0.1) is 0 Å². The van der Waals surface area contributed by atoms with Crippen molar-refractivity contribution in [3.05, 3.63) is 0 Å². The minimum absolute atomic E-state index is 0.0634. The van der Waals surface area contributed by atoms with Crippen molar-refractivity contribution in [3.8, 4) is 0 Å². The predicted molar refractivity (Wildman–Crippen MR) is 90.8 cm³/mol. The van der Waals surface area contributed by atoms with Gasteiger partial charge in [-0.25, -0.2) is 0 Å². The van der Waals surface area contributed by atoms with Crippen molar-refractivity contribution in [2.45, 2.75) is 70.5 Å². The molecule has 2 unspecified atom stereocenters. The molecule has 126 valence electrons. The van der Waals surface area contributed by atoms with E-state index in [4.69, 9.17) is 0 Å². The second-order valence-corrected chi connectivity index (χ2v) is 7.27. The molecule has 0 saturated heterocycles. The van der Waals surface area contributed by atoms with Gasteiger partial charge in [-0.3, -0.25) is 0 Å². The Labute approximate surface area is 131 Å². The molecule has 4 nitrogen and oxygen atoms in total. The Kier molecular flexibility index (Phi) is 8.17. The summed E-state index contributed by atoms with van der Waals surface area (Å²) in [6, 6.07) is 1.05. The van der Waals surface area contributed by atoms with Crippen LogP contribution in [-0.2, 0) is 0 Å². The number of aliphatic hydroxyl groups excluding tert-OH is 1. The van der Waals surface area contributed by atoms with Crippen LogP contribution in [0.4, 0.5) is 0 Å². The first-order chi connectivity index (χ1) is 9.92. The third-order valence-corrected chi connectivity index (χ3v) is 4.69. The molecule has 0 aromatic carbocycles. The van der Waals surface area contributed by atoms with Crippen molar-refractivity contribution in [1.29, 1.82) is 0 Å². The quantitative estimate of drug-likeness (QED) is 0.682. The molecule has 0 spiro atoms. The average molecular weight is 300 g/mol. The van der Waals surface area contributed by atoms with Gasteiger partial charge in [0.15, 0.2) is 0 Å². The van der Waals surface area contributed by atoms with Gasteiger partial charge < -0.3 is 20.2 Å². The summed E-state index contributed by atoms with van der Waals surface area (Å²) in [7, 11) is 4.28. The third kappa shape index (κ3) is 6.23. The van der Waals surface area contributed by atoms with Gasteiger partial charge in [-0.05, 0) is 65.8 Å². The standard InChI is InChI=1S/C17H37N3O/c1-6-20(12-8-11-19(4)5)16-9-7-10-17(13-16,14-21)18-15(2)3/h15-16,18,21H,6-14H2,1-5H3. The molecule has 21 heavy (non-hydrogen) atoms. The molecule has 0 radical (unpaired) electrons. The molecule has 0 heterocycles. The average Bonchev–Trinajstić information content (AvgIpc) is 2.43. The lowest BCUT2D eigenvalue weighted by atomic mass is 9.78. The van der Waals surface area contributed by atoms with Crippen molar-refractivity contribution in [2.24, 2.45) is 0 Å². The van der Waals surface area contributed by atoms with Crippen molar-refractivity contribution in [2.75, 3.05) is 40.3 Å². The monoisotopic (exact) mass is 299 g/mol. The molecule has 2 atom stereocenters. The van der Waals surface area contributed by atoms with Gasteiger partial charge in [-0.1, -0.05) is 20.8 Å². The molecule has 1 rings (SSSR count). The van der Waals surface area contributed by atoms with Gasteiger partial charge in [-0.2, -0.15) is 0 Å². The van der Waals surface area contributed by atoms with E-state index in [1.54, 1.807) is 0 Å². The molecular weight excluding hydrogens is 262 g/mol. The van der Waals surface area contributed by atoms with E-state index in [9.17, 15) is 5.11 Å². The smallest absolute Gasteiger partial charge is 0.0613 e. The van der Waals surface area contributed by atoms with E-state index in [1.165, 1.54) is 25.8 Å². The topological polar surface area (TPSA) is 38.7 Å². The summed E-state index contributed by atoms with van der Waals surface area (Å²) in [4.78, 5) is 4.88. The van der Waals surface area contributed by atoms with Crippen LogP contribution in [0, 0.1) is 0 Å². The highest BCUT2D eigenvalue weighted by Gasteiger charge is 2.37. The largest absolute Gasteiger partial charge is 0.394 e. The number of rotatable bonds is 9. The van der Waals surface area contributed by atoms with Crippen LogP contribution in [0.15, 0.2) is 0 Å². The number of aliphatic hydroxyl groups is 1. The molecule has 0 bridgehead atoms. The van der Waals surface area contributed by atoms with Gasteiger partial charge >= 0.3 is 0 Å². The van der Waals surface area contributed by atoms with Gasteiger partial charge in [0, 0.05) is 17.6 Å². The van der Waals surface area contributed by atoms with E-state index in [2.05, 4.69) is 50.0 Å². The van der Waals surface area contributed by atoms with E-state index < -0.39 is 0 Å². The summed E-state index contributed by atoms with van der Waals surface area (Å²) in [5, 5.41) is 13.6. The normalized spacial score (nSPS) is 27.0. The van der Waals surface area contributed by atoms with Crippen molar-refractivity contribution in [1.82, 2.24) is 15.1 Å². The highest BCUT2D eigenvalue weighted by Crippen LogP contribution is 2.31. The summed E-state index contributed by atoms with van der Waals surface area (Å²) in [5.74, 6) is 0. The second kappa shape index (κ2) is 9.09. The summed E-state index contributed by atoms with van der Waals surface area (Å²) in [6.07, 6.45) is 5.90. The number of nitrogens with zero attached hydrogens (tertiary/aromatic N) is 2. The third-order valence-electron chi connectivity index (χ3n) is 4.69. The lowest BCUT2D eigenvalue weighted by Gasteiger charge is -2.45. The molecule has 4 heteroatoms. The lowest BCUT2D eigenvalue weighted by Crippen LogP contribution is -2.57. The van der Waals surface area contributed by atoms with Crippen LogP contribution in [0.5, 0.6) is 0 Å². The first-order valence-electron chi connectivity index (χ1n) is 8.70. The van der Waals surface area contributed by atoms with Crippen LogP contribution in [0.1, 0.15) is 52.9 Å². The Hall–Kier alpha value is -0.160. The molecule has 1 fully saturated rings. The molecule has 2 N–H and O–H groups in total. The van der Waals surface area contributed by atoms with Crippen LogP contribution in [-0.4, -0.2) is 72.9 Å². The van der Waals surface area contributed by atoms with E-state index in [1.807, 2.05) is 0 Å². The summed E-state index contributed by atoms with van der Waals surface area (Å²) in [5.41, 5.74) is -0.0634. The minimum atomic E-state index is -0.0634. The maximum Gasteiger partial charge on any atom is 0.0613 e. The van der Waals surface area contributed by atoms with Crippen molar-refractivity contribution >= 4 is 0 Å². The molecular formula is C17H37N3O. The second-order valence-electron chi connectivity index (χ2n) is 7.27. The number of nitrogens with one attached hydrogen (secondary N) is 1. The maximum absolute atomic E-state index is 9.92. The molecule has 1 aliphatic rings. The van der Waals surface area contributed by atoms with Gasteiger partial charge in [0.25, 0.3) is 0 Å². The molecule has 0 aromatic heterocycles. The predicted octanol–water partition coefficient (Wildman–Crippen LogP) is 1.93. The summed E-state index contributed by atoms with van der Waals surface area (Å²) in [6.45, 7) is 10.3. The molecule has 0 aromatic rings. The van der Waals surface area contributed by atoms with E-state index in [0.717, 1.165) is 25.9 Å². The maximum atomic E-state index is 9.92. The fourth-order valence-electron chi connectivity index (χ4n) is 3.76. The Balaban J connectivity index is 2.59. The van der Waals surface area contributed by atoms with Gasteiger partial charge in [0.05, 0.1) is 6.61 Å².